The molecular weight excluding hydrogens is 186 g/mol. The van der Waals surface area contributed by atoms with Crippen molar-refractivity contribution in [3.63, 3.8) is 0 Å². The molecule has 1 saturated carbocycles. The Hall–Kier alpha value is -0.240. The van der Waals surface area contributed by atoms with Crippen molar-refractivity contribution in [3.8, 4) is 0 Å². The second-order valence-corrected chi connectivity index (χ2v) is 4.04. The summed E-state index contributed by atoms with van der Waals surface area (Å²) in [6, 6.07) is 0. The predicted molar refractivity (Wildman–Crippen MR) is 54.9 cm³/mol. The number of carbonyl (C=O) groups excluding carboxylic acids is 1. The van der Waals surface area contributed by atoms with Gasteiger partial charge in [0.25, 0.3) is 0 Å². The van der Waals surface area contributed by atoms with Crippen LogP contribution in [0.4, 0.5) is 0 Å². The second-order valence-electron chi connectivity index (χ2n) is 3.78. The first-order valence-electron chi connectivity index (χ1n) is 5.15. The van der Waals surface area contributed by atoms with E-state index in [2.05, 4.69) is 5.32 Å². The first kappa shape index (κ1) is 10.8. The molecule has 0 bridgehead atoms. The fraction of sp³-hybridized carbons (Fsp3) is 0.900. The van der Waals surface area contributed by atoms with Gasteiger partial charge in [-0.3, -0.25) is 4.79 Å². The van der Waals surface area contributed by atoms with Crippen molar-refractivity contribution in [1.29, 1.82) is 0 Å². The predicted octanol–water partition coefficient (Wildman–Crippen LogP) is 2.31. The summed E-state index contributed by atoms with van der Waals surface area (Å²) >= 11 is 5.36. The molecule has 76 valence electrons. The zero-order chi connectivity index (χ0) is 9.52. The van der Waals surface area contributed by atoms with Crippen molar-refractivity contribution < 1.29 is 4.79 Å². The van der Waals surface area contributed by atoms with Crippen LogP contribution in [-0.4, -0.2) is 18.3 Å². The molecule has 1 N–H and O–H groups in total. The van der Waals surface area contributed by atoms with Crippen LogP contribution in [0, 0.1) is 5.92 Å². The molecule has 0 radical (unpaired) electrons. The molecule has 0 aliphatic heterocycles. The Kier molecular flexibility index (Phi) is 5.21. The number of halogens is 1. The minimum Gasteiger partial charge on any atom is -0.355 e. The molecule has 1 aliphatic rings. The SMILES string of the molecule is O=C(CCl)NCCC1CCCCC1. The molecule has 1 fully saturated rings. The number of nitrogens with one attached hydrogen (secondary N) is 1. The smallest absolute Gasteiger partial charge is 0.234 e. The van der Waals surface area contributed by atoms with Gasteiger partial charge in [-0.15, -0.1) is 11.6 Å². The maximum atomic E-state index is 10.8. The van der Waals surface area contributed by atoms with Gasteiger partial charge in [-0.25, -0.2) is 0 Å². The van der Waals surface area contributed by atoms with Crippen molar-refractivity contribution in [1.82, 2.24) is 5.32 Å². The third kappa shape index (κ3) is 4.51. The van der Waals surface area contributed by atoms with Crippen LogP contribution in [0.2, 0.25) is 0 Å². The molecule has 13 heavy (non-hydrogen) atoms. The monoisotopic (exact) mass is 203 g/mol. The van der Waals surface area contributed by atoms with Gasteiger partial charge in [0, 0.05) is 6.54 Å². The standard InChI is InChI=1S/C10H18ClNO/c11-8-10(13)12-7-6-9-4-2-1-3-5-9/h9H,1-8H2,(H,12,13). The first-order chi connectivity index (χ1) is 6.33. The van der Waals surface area contributed by atoms with Crippen LogP contribution in [-0.2, 0) is 4.79 Å². The van der Waals surface area contributed by atoms with Crippen LogP contribution in [0.5, 0.6) is 0 Å². The van der Waals surface area contributed by atoms with E-state index >= 15 is 0 Å². The number of amides is 1. The number of hydrogen-bond acceptors (Lipinski definition) is 1. The van der Waals surface area contributed by atoms with E-state index in [0.29, 0.717) is 0 Å². The minimum absolute atomic E-state index is 0.0440. The molecule has 0 spiro atoms. The van der Waals surface area contributed by atoms with Gasteiger partial charge in [0.1, 0.15) is 5.88 Å². The van der Waals surface area contributed by atoms with Gasteiger partial charge in [-0.1, -0.05) is 32.1 Å². The molecule has 3 heteroatoms. The van der Waals surface area contributed by atoms with Crippen LogP contribution < -0.4 is 5.32 Å². The van der Waals surface area contributed by atoms with Crippen LogP contribution in [0.3, 0.4) is 0 Å². The third-order valence-corrected chi connectivity index (χ3v) is 2.96. The van der Waals surface area contributed by atoms with E-state index in [4.69, 9.17) is 11.6 Å². The molecule has 0 aromatic carbocycles. The summed E-state index contributed by atoms with van der Waals surface area (Å²) in [5.74, 6) is 0.881. The van der Waals surface area contributed by atoms with Crippen molar-refractivity contribution in [2.75, 3.05) is 12.4 Å². The Labute approximate surface area is 85.0 Å². The second kappa shape index (κ2) is 6.25. The largest absolute Gasteiger partial charge is 0.355 e. The van der Waals surface area contributed by atoms with Gasteiger partial charge in [0.05, 0.1) is 0 Å². The minimum atomic E-state index is -0.0440. The van der Waals surface area contributed by atoms with Crippen LogP contribution in [0.15, 0.2) is 0 Å². The molecule has 0 aromatic rings. The van der Waals surface area contributed by atoms with Crippen molar-refractivity contribution in [2.24, 2.45) is 5.92 Å². The zero-order valence-electron chi connectivity index (χ0n) is 8.02. The lowest BCUT2D eigenvalue weighted by molar-refractivity contribution is -0.118. The maximum Gasteiger partial charge on any atom is 0.234 e. The summed E-state index contributed by atoms with van der Waals surface area (Å²) in [7, 11) is 0. The topological polar surface area (TPSA) is 29.1 Å². The highest BCUT2D eigenvalue weighted by molar-refractivity contribution is 6.27. The molecule has 1 amide bonds. The van der Waals surface area contributed by atoms with Gasteiger partial charge < -0.3 is 5.32 Å². The van der Waals surface area contributed by atoms with Crippen molar-refractivity contribution in [2.45, 2.75) is 38.5 Å². The first-order valence-corrected chi connectivity index (χ1v) is 5.69. The zero-order valence-corrected chi connectivity index (χ0v) is 8.78. The van der Waals surface area contributed by atoms with Crippen LogP contribution >= 0.6 is 11.6 Å². The molecule has 0 heterocycles. The number of hydrogen-bond donors (Lipinski definition) is 1. The number of alkyl halides is 1. The average Bonchev–Trinajstić information content (AvgIpc) is 2.19. The number of carbonyl (C=O) groups is 1. The quantitative estimate of drug-likeness (QED) is 0.699. The van der Waals surface area contributed by atoms with Gasteiger partial charge in [0.15, 0.2) is 0 Å². The summed E-state index contributed by atoms with van der Waals surface area (Å²) in [5, 5.41) is 2.81. The van der Waals surface area contributed by atoms with E-state index in [1.807, 2.05) is 0 Å². The van der Waals surface area contributed by atoms with E-state index in [0.717, 1.165) is 18.9 Å². The molecule has 0 unspecified atom stereocenters. The fourth-order valence-corrected chi connectivity index (χ4v) is 2.03. The molecule has 1 rings (SSSR count). The Bertz CT molecular complexity index is 155. The third-order valence-electron chi connectivity index (χ3n) is 2.72. The Morgan fingerprint density at radius 1 is 1.31 bits per heavy atom. The van der Waals surface area contributed by atoms with Crippen molar-refractivity contribution in [3.05, 3.63) is 0 Å². The fourth-order valence-electron chi connectivity index (χ4n) is 1.94. The van der Waals surface area contributed by atoms with E-state index < -0.39 is 0 Å². The van der Waals surface area contributed by atoms with E-state index in [-0.39, 0.29) is 11.8 Å². The molecular formula is C10H18ClNO. The van der Waals surface area contributed by atoms with Gasteiger partial charge in [-0.2, -0.15) is 0 Å². The molecule has 0 aromatic heterocycles. The normalized spacial score (nSPS) is 18.5. The Morgan fingerprint density at radius 3 is 2.62 bits per heavy atom. The summed E-state index contributed by atoms with van der Waals surface area (Å²) in [6.07, 6.45) is 7.95. The molecule has 0 saturated heterocycles. The highest BCUT2D eigenvalue weighted by atomic mass is 35.5. The summed E-state index contributed by atoms with van der Waals surface area (Å²) in [6.45, 7) is 0.802. The van der Waals surface area contributed by atoms with Crippen LogP contribution in [0.1, 0.15) is 38.5 Å². The van der Waals surface area contributed by atoms with E-state index in [1.165, 1.54) is 32.1 Å². The Balaban J connectivity index is 2.01. The average molecular weight is 204 g/mol. The number of rotatable bonds is 4. The summed E-state index contributed by atoms with van der Waals surface area (Å²) < 4.78 is 0. The maximum absolute atomic E-state index is 10.8. The lowest BCUT2D eigenvalue weighted by Gasteiger charge is -2.21. The van der Waals surface area contributed by atoms with Gasteiger partial charge in [-0.05, 0) is 12.3 Å². The molecule has 2 nitrogen and oxygen atoms in total. The highest BCUT2D eigenvalue weighted by Crippen LogP contribution is 2.25. The summed E-state index contributed by atoms with van der Waals surface area (Å²) in [4.78, 5) is 10.8. The lowest BCUT2D eigenvalue weighted by atomic mass is 9.87. The van der Waals surface area contributed by atoms with E-state index in [9.17, 15) is 4.79 Å². The van der Waals surface area contributed by atoms with Gasteiger partial charge in [0.2, 0.25) is 5.91 Å². The Morgan fingerprint density at radius 2 is 2.00 bits per heavy atom. The van der Waals surface area contributed by atoms with Crippen molar-refractivity contribution >= 4 is 17.5 Å². The molecule has 1 aliphatic carbocycles. The highest BCUT2D eigenvalue weighted by Gasteiger charge is 2.12. The van der Waals surface area contributed by atoms with Gasteiger partial charge >= 0.3 is 0 Å². The molecule has 0 atom stereocenters. The van der Waals surface area contributed by atoms with E-state index in [1.54, 1.807) is 0 Å². The summed E-state index contributed by atoms with van der Waals surface area (Å²) in [5.41, 5.74) is 0. The van der Waals surface area contributed by atoms with Crippen LogP contribution in [0.25, 0.3) is 0 Å². The lowest BCUT2D eigenvalue weighted by Crippen LogP contribution is -2.27.